The molecular formula is H7O7P3Ti. The summed E-state index contributed by atoms with van der Waals surface area (Å²) < 4.78 is 22.2. The quantitative estimate of drug-likeness (QED) is 0.380. The van der Waals surface area contributed by atoms with Gasteiger partial charge in [-0.25, -0.2) is 9.13 Å². The molecule has 0 aliphatic heterocycles. The van der Waals surface area contributed by atoms with Crippen molar-refractivity contribution in [3.8, 4) is 0 Å². The molecule has 0 aliphatic rings. The molecule has 11 heteroatoms. The van der Waals surface area contributed by atoms with Crippen LogP contribution in [0.25, 0.3) is 0 Å². The van der Waals surface area contributed by atoms with Gasteiger partial charge in [0.2, 0.25) is 0 Å². The van der Waals surface area contributed by atoms with Crippen LogP contribution in [0.1, 0.15) is 0 Å². The van der Waals surface area contributed by atoms with Gasteiger partial charge in [0.15, 0.2) is 0 Å². The molecule has 11 heavy (non-hydrogen) atoms. The maximum atomic E-state index is 9.63. The third-order valence-electron chi connectivity index (χ3n) is 0.213. The van der Waals surface area contributed by atoms with Crippen LogP contribution in [0.4, 0.5) is 0 Å². The molecule has 0 heterocycles. The fraction of sp³-hybridized carbons (Fsp3) is 0. The van der Waals surface area contributed by atoms with Crippen LogP contribution in [-0.2, 0) is 35.2 Å². The van der Waals surface area contributed by atoms with Crippen molar-refractivity contribution in [3.05, 3.63) is 0 Å². The van der Waals surface area contributed by atoms with Crippen LogP contribution in [0, 0.1) is 0 Å². The Kier molecular flexibility index (Phi) is 9.87. The molecule has 0 aromatic carbocycles. The molecule has 0 radical (unpaired) electrons. The number of hydrogen-bond donors (Lipinski definition) is 4. The Labute approximate surface area is 80.5 Å². The minimum absolute atomic E-state index is 0. The monoisotopic (exact) mass is 260 g/mol. The van der Waals surface area contributed by atoms with Crippen LogP contribution in [0.3, 0.4) is 0 Å². The van der Waals surface area contributed by atoms with Crippen molar-refractivity contribution in [2.45, 2.75) is 0 Å². The molecule has 0 aromatic rings. The van der Waals surface area contributed by atoms with Gasteiger partial charge >= 0.3 is 15.6 Å². The Bertz CT molecular complexity index is 154. The Balaban J connectivity index is -0.000000320. The minimum Gasteiger partial charge on any atom is -0.302 e. The zero-order chi connectivity index (χ0) is 7.71. The molecule has 0 bridgehead atoms. The standard InChI is InChI=1S/H4O7P2.H3P.Ti/c1-8(2,3)7-9(4,5)6;;/h(H2,1,2,3)(H2,4,5,6);1H3;. The summed E-state index contributed by atoms with van der Waals surface area (Å²) in [5.74, 6) is 0. The molecule has 0 amide bonds. The molecule has 7 nitrogen and oxygen atoms in total. The van der Waals surface area contributed by atoms with E-state index in [4.69, 9.17) is 19.6 Å². The van der Waals surface area contributed by atoms with Crippen molar-refractivity contribution in [2.75, 3.05) is 0 Å². The minimum atomic E-state index is -5.05. The molecule has 0 fully saturated rings. The second kappa shape index (κ2) is 5.95. The van der Waals surface area contributed by atoms with E-state index in [0.717, 1.165) is 0 Å². The molecule has 68 valence electrons. The first kappa shape index (κ1) is 18.2. The van der Waals surface area contributed by atoms with Gasteiger partial charge in [0, 0.05) is 21.7 Å². The van der Waals surface area contributed by atoms with Gasteiger partial charge in [0.25, 0.3) is 0 Å². The van der Waals surface area contributed by atoms with Crippen LogP contribution in [0.2, 0.25) is 0 Å². The SMILES string of the molecule is O=P(O)(O)OP(=O)(O)O.P.[Ti]. The van der Waals surface area contributed by atoms with Gasteiger partial charge in [0.1, 0.15) is 0 Å². The maximum Gasteiger partial charge on any atom is 0.478 e. The number of phosphoric acid groups is 2. The van der Waals surface area contributed by atoms with Gasteiger partial charge in [0.05, 0.1) is 0 Å². The summed E-state index contributed by atoms with van der Waals surface area (Å²) in [5.41, 5.74) is 0. The van der Waals surface area contributed by atoms with E-state index in [1.54, 1.807) is 0 Å². The Morgan fingerprint density at radius 2 is 1.09 bits per heavy atom. The van der Waals surface area contributed by atoms with E-state index in [9.17, 15) is 9.13 Å². The largest absolute Gasteiger partial charge is 0.478 e. The van der Waals surface area contributed by atoms with Crippen molar-refractivity contribution in [3.63, 3.8) is 0 Å². The predicted molar refractivity (Wildman–Crippen MR) is 36.3 cm³/mol. The zero-order valence-corrected chi connectivity index (χ0v) is 9.88. The fourth-order valence-electron chi connectivity index (χ4n) is 0.139. The van der Waals surface area contributed by atoms with Crippen molar-refractivity contribution in [1.29, 1.82) is 0 Å². The van der Waals surface area contributed by atoms with Crippen molar-refractivity contribution in [2.24, 2.45) is 0 Å². The van der Waals surface area contributed by atoms with Gasteiger partial charge in [-0.2, -0.15) is 14.2 Å². The van der Waals surface area contributed by atoms with Crippen LogP contribution in [0.5, 0.6) is 0 Å². The first-order valence-corrected chi connectivity index (χ1v) is 4.59. The van der Waals surface area contributed by atoms with Crippen LogP contribution >= 0.6 is 25.5 Å². The van der Waals surface area contributed by atoms with Crippen LogP contribution in [0.15, 0.2) is 0 Å². The second-order valence-electron chi connectivity index (χ2n) is 1.06. The molecule has 0 aliphatic carbocycles. The van der Waals surface area contributed by atoms with E-state index in [-0.39, 0.29) is 31.6 Å². The van der Waals surface area contributed by atoms with Crippen molar-refractivity contribution in [1.82, 2.24) is 0 Å². The first-order chi connectivity index (χ1) is 3.71. The Morgan fingerprint density at radius 3 is 1.09 bits per heavy atom. The molecule has 1 unspecified atom stereocenters. The van der Waals surface area contributed by atoms with Gasteiger partial charge in [-0.15, -0.1) is 0 Å². The molecule has 4 N–H and O–H groups in total. The summed E-state index contributed by atoms with van der Waals surface area (Å²) in [6.45, 7) is 0. The van der Waals surface area contributed by atoms with E-state index in [0.29, 0.717) is 0 Å². The van der Waals surface area contributed by atoms with E-state index >= 15 is 0 Å². The Hall–Kier alpha value is 1.40. The predicted octanol–water partition coefficient (Wildman–Crippen LogP) is -0.756. The van der Waals surface area contributed by atoms with Gasteiger partial charge < -0.3 is 19.6 Å². The fourth-order valence-corrected chi connectivity index (χ4v) is 1.25. The second-order valence-corrected chi connectivity index (χ2v) is 3.68. The van der Waals surface area contributed by atoms with E-state index < -0.39 is 15.6 Å². The smallest absolute Gasteiger partial charge is 0.302 e. The summed E-state index contributed by atoms with van der Waals surface area (Å²) in [6, 6.07) is 0. The van der Waals surface area contributed by atoms with E-state index in [2.05, 4.69) is 4.31 Å². The molecule has 0 rings (SSSR count). The van der Waals surface area contributed by atoms with Gasteiger partial charge in [-0.3, -0.25) is 0 Å². The summed E-state index contributed by atoms with van der Waals surface area (Å²) in [4.78, 5) is 31.0. The zero-order valence-electron chi connectivity index (χ0n) is 5.12. The molecule has 1 atom stereocenters. The summed E-state index contributed by atoms with van der Waals surface area (Å²) in [7, 11) is -10.1. The normalized spacial score (nSPS) is 11.3. The first-order valence-electron chi connectivity index (χ1n) is 1.53. The summed E-state index contributed by atoms with van der Waals surface area (Å²) >= 11 is 0. The topological polar surface area (TPSA) is 124 Å². The number of rotatable bonds is 2. The molecular weight excluding hydrogens is 253 g/mol. The van der Waals surface area contributed by atoms with Crippen LogP contribution < -0.4 is 0 Å². The van der Waals surface area contributed by atoms with Crippen LogP contribution in [-0.4, -0.2) is 19.6 Å². The molecule has 0 saturated carbocycles. The maximum absolute atomic E-state index is 9.63. The van der Waals surface area contributed by atoms with Crippen molar-refractivity contribution < 1.29 is 54.7 Å². The van der Waals surface area contributed by atoms with Gasteiger partial charge in [-0.05, 0) is 0 Å². The number of hydrogen-bond acceptors (Lipinski definition) is 3. The van der Waals surface area contributed by atoms with Crippen molar-refractivity contribution >= 4 is 25.5 Å². The average Bonchev–Trinajstić information content (AvgIpc) is 1.14. The average molecular weight is 260 g/mol. The molecule has 0 saturated heterocycles. The third kappa shape index (κ3) is 18.4. The molecule has 0 spiro atoms. The third-order valence-corrected chi connectivity index (χ3v) is 1.91. The van der Waals surface area contributed by atoms with Gasteiger partial charge in [-0.1, -0.05) is 0 Å². The summed E-state index contributed by atoms with van der Waals surface area (Å²) in [5, 5.41) is 0. The molecule has 0 aromatic heterocycles. The summed E-state index contributed by atoms with van der Waals surface area (Å²) in [6.07, 6.45) is 0. The Morgan fingerprint density at radius 1 is 0.909 bits per heavy atom. The van der Waals surface area contributed by atoms with E-state index in [1.807, 2.05) is 0 Å². The van der Waals surface area contributed by atoms with E-state index in [1.165, 1.54) is 0 Å².